The fourth-order valence-corrected chi connectivity index (χ4v) is 2.49. The van der Waals surface area contributed by atoms with Crippen molar-refractivity contribution in [3.63, 3.8) is 0 Å². The lowest BCUT2D eigenvalue weighted by Crippen LogP contribution is -2.00. The van der Waals surface area contributed by atoms with Crippen molar-refractivity contribution in [3.05, 3.63) is 56.0 Å². The lowest BCUT2D eigenvalue weighted by molar-refractivity contribution is 0.283. The van der Waals surface area contributed by atoms with Crippen LogP contribution in [0.15, 0.2) is 34.8 Å². The second kappa shape index (κ2) is 7.04. The molecule has 0 unspecified atom stereocenters. The smallest absolute Gasteiger partial charge is 0.179 e. The molecular formula is C15H10BrCl2NO2. The maximum atomic E-state index is 9.20. The summed E-state index contributed by atoms with van der Waals surface area (Å²) < 4.78 is 11.7. The Balaban J connectivity index is 2.27. The summed E-state index contributed by atoms with van der Waals surface area (Å²) in [5, 5.41) is 10.1. The van der Waals surface area contributed by atoms with Gasteiger partial charge in [-0.15, -0.1) is 0 Å². The van der Waals surface area contributed by atoms with Crippen LogP contribution in [0.3, 0.4) is 0 Å². The second-order valence-electron chi connectivity index (χ2n) is 4.13. The van der Waals surface area contributed by atoms with Crippen LogP contribution < -0.4 is 9.47 Å². The van der Waals surface area contributed by atoms with Crippen molar-refractivity contribution >= 4 is 39.1 Å². The Kier molecular flexibility index (Phi) is 5.35. The summed E-state index contributed by atoms with van der Waals surface area (Å²) in [6.07, 6.45) is 0. The first kappa shape index (κ1) is 16.0. The van der Waals surface area contributed by atoms with Crippen molar-refractivity contribution in [1.82, 2.24) is 0 Å². The van der Waals surface area contributed by atoms with Crippen molar-refractivity contribution < 1.29 is 9.47 Å². The second-order valence-corrected chi connectivity index (χ2v) is 5.86. The number of benzene rings is 2. The van der Waals surface area contributed by atoms with Crippen LogP contribution in [0.25, 0.3) is 0 Å². The van der Waals surface area contributed by atoms with Crippen molar-refractivity contribution in [3.8, 4) is 17.6 Å². The van der Waals surface area contributed by atoms with Gasteiger partial charge < -0.3 is 9.47 Å². The third kappa shape index (κ3) is 3.82. The van der Waals surface area contributed by atoms with E-state index in [9.17, 15) is 5.26 Å². The standard InChI is InChI=1S/C15H10BrCl2NO2/c1-20-14-6-11(16)5-10(7-19)15(14)21-8-9-2-3-12(17)13(18)4-9/h2-6H,8H2,1H3. The van der Waals surface area contributed by atoms with Gasteiger partial charge in [0.2, 0.25) is 0 Å². The Labute approximate surface area is 141 Å². The number of nitriles is 1. The molecule has 0 saturated heterocycles. The Hall–Kier alpha value is -1.41. The summed E-state index contributed by atoms with van der Waals surface area (Å²) in [5.74, 6) is 0.884. The van der Waals surface area contributed by atoms with Crippen LogP contribution in [0.1, 0.15) is 11.1 Å². The number of methoxy groups -OCH3 is 1. The number of hydrogen-bond donors (Lipinski definition) is 0. The predicted octanol–water partition coefficient (Wildman–Crippen LogP) is 5.22. The molecule has 2 aromatic rings. The molecule has 6 heteroatoms. The molecule has 0 amide bonds. The Morgan fingerprint density at radius 2 is 1.95 bits per heavy atom. The molecule has 0 aliphatic heterocycles. The molecular weight excluding hydrogens is 377 g/mol. The van der Waals surface area contributed by atoms with Crippen LogP contribution in [0.5, 0.6) is 11.5 Å². The molecule has 0 radical (unpaired) electrons. The lowest BCUT2D eigenvalue weighted by atomic mass is 10.2. The van der Waals surface area contributed by atoms with Crippen molar-refractivity contribution in [2.24, 2.45) is 0 Å². The average molecular weight is 387 g/mol. The van der Waals surface area contributed by atoms with E-state index in [4.69, 9.17) is 32.7 Å². The van der Waals surface area contributed by atoms with Gasteiger partial charge in [0.05, 0.1) is 22.7 Å². The van der Waals surface area contributed by atoms with Gasteiger partial charge in [-0.1, -0.05) is 45.2 Å². The van der Waals surface area contributed by atoms with Crippen LogP contribution in [0.4, 0.5) is 0 Å². The van der Waals surface area contributed by atoms with E-state index in [1.54, 1.807) is 24.3 Å². The van der Waals surface area contributed by atoms with Crippen LogP contribution in [0.2, 0.25) is 10.0 Å². The predicted molar refractivity (Wildman–Crippen MR) is 86.2 cm³/mol. The fourth-order valence-electron chi connectivity index (χ4n) is 1.74. The highest BCUT2D eigenvalue weighted by atomic mass is 79.9. The highest BCUT2D eigenvalue weighted by Gasteiger charge is 2.13. The molecule has 108 valence electrons. The molecule has 0 saturated carbocycles. The third-order valence-corrected chi connectivity index (χ3v) is 3.92. The van der Waals surface area contributed by atoms with Gasteiger partial charge in [-0.3, -0.25) is 0 Å². The molecule has 0 aliphatic carbocycles. The average Bonchev–Trinajstić information content (AvgIpc) is 2.48. The van der Waals surface area contributed by atoms with E-state index < -0.39 is 0 Å². The topological polar surface area (TPSA) is 42.2 Å². The number of nitrogens with zero attached hydrogens (tertiary/aromatic N) is 1. The summed E-state index contributed by atoms with van der Waals surface area (Å²) in [6, 6.07) is 10.7. The van der Waals surface area contributed by atoms with E-state index in [1.807, 2.05) is 6.07 Å². The largest absolute Gasteiger partial charge is 0.493 e. The molecule has 0 N–H and O–H groups in total. The van der Waals surface area contributed by atoms with Crippen LogP contribution in [-0.4, -0.2) is 7.11 Å². The van der Waals surface area contributed by atoms with E-state index in [2.05, 4.69) is 22.0 Å². The van der Waals surface area contributed by atoms with Gasteiger partial charge in [0.15, 0.2) is 11.5 Å². The first-order chi connectivity index (χ1) is 10.0. The maximum absolute atomic E-state index is 9.20. The molecule has 2 aromatic carbocycles. The van der Waals surface area contributed by atoms with Crippen LogP contribution in [-0.2, 0) is 6.61 Å². The van der Waals surface area contributed by atoms with Crippen molar-refractivity contribution in [2.75, 3.05) is 7.11 Å². The Morgan fingerprint density at radius 1 is 1.19 bits per heavy atom. The first-order valence-electron chi connectivity index (χ1n) is 5.89. The molecule has 0 aromatic heterocycles. The molecule has 0 bridgehead atoms. The van der Waals surface area contributed by atoms with Gasteiger partial charge in [-0.2, -0.15) is 5.26 Å². The molecule has 0 heterocycles. The Bertz CT molecular complexity index is 714. The van der Waals surface area contributed by atoms with Gasteiger partial charge in [-0.25, -0.2) is 0 Å². The lowest BCUT2D eigenvalue weighted by Gasteiger charge is -2.13. The monoisotopic (exact) mass is 385 g/mol. The van der Waals surface area contributed by atoms with Crippen LogP contribution in [0, 0.1) is 11.3 Å². The van der Waals surface area contributed by atoms with E-state index in [0.29, 0.717) is 27.1 Å². The van der Waals surface area contributed by atoms with Gasteiger partial charge in [-0.05, 0) is 29.8 Å². The zero-order chi connectivity index (χ0) is 15.4. The van der Waals surface area contributed by atoms with Gasteiger partial charge in [0.25, 0.3) is 0 Å². The minimum Gasteiger partial charge on any atom is -0.493 e. The summed E-state index contributed by atoms with van der Waals surface area (Å²) in [5.41, 5.74) is 1.24. The minimum atomic E-state index is 0.254. The summed E-state index contributed by atoms with van der Waals surface area (Å²) in [7, 11) is 1.52. The molecule has 0 aliphatic rings. The zero-order valence-corrected chi connectivity index (χ0v) is 14.1. The molecule has 0 fully saturated rings. The maximum Gasteiger partial charge on any atom is 0.179 e. The normalized spacial score (nSPS) is 10.0. The van der Waals surface area contributed by atoms with E-state index in [1.165, 1.54) is 7.11 Å². The van der Waals surface area contributed by atoms with E-state index in [-0.39, 0.29) is 6.61 Å². The summed E-state index contributed by atoms with van der Waals surface area (Å²) in [4.78, 5) is 0. The van der Waals surface area contributed by atoms with Gasteiger partial charge in [0, 0.05) is 4.47 Å². The Morgan fingerprint density at radius 3 is 2.57 bits per heavy atom. The first-order valence-corrected chi connectivity index (χ1v) is 7.44. The summed E-state index contributed by atoms with van der Waals surface area (Å²) in [6.45, 7) is 0.254. The van der Waals surface area contributed by atoms with Crippen molar-refractivity contribution in [1.29, 1.82) is 5.26 Å². The van der Waals surface area contributed by atoms with E-state index in [0.717, 1.165) is 10.0 Å². The minimum absolute atomic E-state index is 0.254. The quantitative estimate of drug-likeness (QED) is 0.723. The molecule has 21 heavy (non-hydrogen) atoms. The fraction of sp³-hybridized carbons (Fsp3) is 0.133. The van der Waals surface area contributed by atoms with E-state index >= 15 is 0 Å². The van der Waals surface area contributed by atoms with Gasteiger partial charge >= 0.3 is 0 Å². The summed E-state index contributed by atoms with van der Waals surface area (Å²) >= 11 is 15.2. The number of halogens is 3. The molecule has 3 nitrogen and oxygen atoms in total. The highest BCUT2D eigenvalue weighted by Crippen LogP contribution is 2.35. The highest BCUT2D eigenvalue weighted by molar-refractivity contribution is 9.10. The van der Waals surface area contributed by atoms with Gasteiger partial charge in [0.1, 0.15) is 12.7 Å². The molecule has 2 rings (SSSR count). The SMILES string of the molecule is COc1cc(Br)cc(C#N)c1OCc1ccc(Cl)c(Cl)c1. The third-order valence-electron chi connectivity index (χ3n) is 2.73. The molecule has 0 spiro atoms. The van der Waals surface area contributed by atoms with Crippen molar-refractivity contribution in [2.45, 2.75) is 6.61 Å². The molecule has 0 atom stereocenters. The number of rotatable bonds is 4. The zero-order valence-electron chi connectivity index (χ0n) is 11.0. The number of hydrogen-bond acceptors (Lipinski definition) is 3. The number of ether oxygens (including phenoxy) is 2. The van der Waals surface area contributed by atoms with Crippen LogP contribution >= 0.6 is 39.1 Å².